The van der Waals surface area contributed by atoms with Gasteiger partial charge in [-0.1, -0.05) is 0 Å². The van der Waals surface area contributed by atoms with Crippen LogP contribution in [-0.2, 0) is 17.9 Å². The van der Waals surface area contributed by atoms with E-state index in [1.807, 2.05) is 6.07 Å². The first kappa shape index (κ1) is 14.7. The average molecular weight is 290 g/mol. The number of benzene rings is 1. The summed E-state index contributed by atoms with van der Waals surface area (Å²) in [6.07, 6.45) is 1.65. The molecule has 1 aromatic heterocycles. The van der Waals surface area contributed by atoms with Crippen molar-refractivity contribution in [3.8, 4) is 11.5 Å². The number of nitrogen functional groups attached to an aromatic ring is 1. The lowest BCUT2D eigenvalue weighted by molar-refractivity contribution is -0.122. The summed E-state index contributed by atoms with van der Waals surface area (Å²) < 4.78 is 11.9. The van der Waals surface area contributed by atoms with Gasteiger partial charge in [0, 0.05) is 18.3 Å². The highest BCUT2D eigenvalue weighted by atomic mass is 16.5. The van der Waals surface area contributed by atoms with Crippen LogP contribution in [0.5, 0.6) is 11.5 Å². The van der Waals surface area contributed by atoms with E-state index in [9.17, 15) is 4.79 Å². The topological polar surface area (TPSA) is 91.4 Å². The zero-order chi connectivity index (χ0) is 15.2. The summed E-state index contributed by atoms with van der Waals surface area (Å²) in [5, 5.41) is 6.76. The molecule has 0 spiro atoms. The molecule has 0 unspecified atom stereocenters. The molecule has 2 rings (SSSR count). The molecule has 1 heterocycles. The molecule has 0 atom stereocenters. The summed E-state index contributed by atoms with van der Waals surface area (Å²) in [5.74, 6) is 1.62. The van der Waals surface area contributed by atoms with E-state index in [1.165, 1.54) is 4.68 Å². The number of nitrogens with two attached hydrogens (primary N) is 1. The number of ether oxygens (including phenoxy) is 2. The molecule has 0 saturated heterocycles. The van der Waals surface area contributed by atoms with Gasteiger partial charge in [-0.25, -0.2) is 0 Å². The second-order valence-electron chi connectivity index (χ2n) is 4.39. The first-order valence-electron chi connectivity index (χ1n) is 6.39. The van der Waals surface area contributed by atoms with Crippen LogP contribution >= 0.6 is 0 Å². The van der Waals surface area contributed by atoms with Gasteiger partial charge in [-0.15, -0.1) is 0 Å². The average Bonchev–Trinajstić information content (AvgIpc) is 2.89. The second kappa shape index (κ2) is 6.65. The SMILES string of the molecule is COc1ccc(OC)c(CNC(=O)Cn2ccc(N)n2)c1. The van der Waals surface area contributed by atoms with E-state index < -0.39 is 0 Å². The van der Waals surface area contributed by atoms with E-state index in [0.29, 0.717) is 23.9 Å². The van der Waals surface area contributed by atoms with E-state index in [0.717, 1.165) is 5.56 Å². The molecule has 1 amide bonds. The number of methoxy groups -OCH3 is 2. The Hall–Kier alpha value is -2.70. The summed E-state index contributed by atoms with van der Waals surface area (Å²) >= 11 is 0. The lowest BCUT2D eigenvalue weighted by Crippen LogP contribution is -2.27. The fourth-order valence-electron chi connectivity index (χ4n) is 1.88. The molecule has 21 heavy (non-hydrogen) atoms. The van der Waals surface area contributed by atoms with Crippen molar-refractivity contribution in [1.29, 1.82) is 0 Å². The summed E-state index contributed by atoms with van der Waals surface area (Å²) in [6.45, 7) is 0.458. The van der Waals surface area contributed by atoms with Gasteiger partial charge in [0.2, 0.25) is 5.91 Å². The van der Waals surface area contributed by atoms with Crippen molar-refractivity contribution in [2.24, 2.45) is 0 Å². The van der Waals surface area contributed by atoms with E-state index in [4.69, 9.17) is 15.2 Å². The van der Waals surface area contributed by atoms with Crippen LogP contribution in [0.2, 0.25) is 0 Å². The Morgan fingerprint density at radius 2 is 2.14 bits per heavy atom. The van der Waals surface area contributed by atoms with Crippen molar-refractivity contribution in [3.05, 3.63) is 36.0 Å². The number of nitrogens with zero attached hydrogens (tertiary/aromatic N) is 2. The second-order valence-corrected chi connectivity index (χ2v) is 4.39. The van der Waals surface area contributed by atoms with Crippen molar-refractivity contribution < 1.29 is 14.3 Å². The highest BCUT2D eigenvalue weighted by Gasteiger charge is 2.08. The Morgan fingerprint density at radius 3 is 2.76 bits per heavy atom. The van der Waals surface area contributed by atoms with Gasteiger partial charge in [-0.3, -0.25) is 9.48 Å². The number of anilines is 1. The van der Waals surface area contributed by atoms with Crippen LogP contribution in [0.25, 0.3) is 0 Å². The van der Waals surface area contributed by atoms with Gasteiger partial charge in [-0.05, 0) is 24.3 Å². The van der Waals surface area contributed by atoms with Crippen LogP contribution in [0, 0.1) is 0 Å². The number of hydrogen-bond acceptors (Lipinski definition) is 5. The quantitative estimate of drug-likeness (QED) is 0.821. The maximum absolute atomic E-state index is 11.9. The van der Waals surface area contributed by atoms with Crippen molar-refractivity contribution in [1.82, 2.24) is 15.1 Å². The third-order valence-electron chi connectivity index (χ3n) is 2.93. The van der Waals surface area contributed by atoms with Crippen LogP contribution in [-0.4, -0.2) is 29.9 Å². The van der Waals surface area contributed by atoms with Crippen molar-refractivity contribution >= 4 is 11.7 Å². The Labute approximate surface area is 122 Å². The van der Waals surface area contributed by atoms with E-state index in [-0.39, 0.29) is 12.5 Å². The molecule has 1 aromatic carbocycles. The molecule has 0 saturated carbocycles. The molecular formula is C14H18N4O3. The van der Waals surface area contributed by atoms with Gasteiger partial charge in [0.15, 0.2) is 0 Å². The normalized spacial score (nSPS) is 10.2. The minimum Gasteiger partial charge on any atom is -0.497 e. The third-order valence-corrected chi connectivity index (χ3v) is 2.93. The first-order valence-corrected chi connectivity index (χ1v) is 6.39. The molecule has 7 nitrogen and oxygen atoms in total. The van der Waals surface area contributed by atoms with Crippen molar-refractivity contribution in [3.63, 3.8) is 0 Å². The fourth-order valence-corrected chi connectivity index (χ4v) is 1.88. The largest absolute Gasteiger partial charge is 0.497 e. The molecule has 0 aliphatic heterocycles. The standard InChI is InChI=1S/C14H18N4O3/c1-20-11-3-4-12(21-2)10(7-11)8-16-14(19)9-18-6-5-13(15)17-18/h3-7H,8-9H2,1-2H3,(H2,15,17)(H,16,19). The lowest BCUT2D eigenvalue weighted by atomic mass is 10.2. The van der Waals surface area contributed by atoms with E-state index in [1.54, 1.807) is 38.6 Å². The molecule has 0 bridgehead atoms. The Balaban J connectivity index is 1.97. The summed E-state index contributed by atoms with van der Waals surface area (Å²) in [6, 6.07) is 7.06. The Kier molecular flexibility index (Phi) is 4.65. The van der Waals surface area contributed by atoms with Crippen LogP contribution in [0.4, 0.5) is 5.82 Å². The van der Waals surface area contributed by atoms with Crippen LogP contribution in [0.15, 0.2) is 30.5 Å². The molecule has 0 aliphatic carbocycles. The number of hydrogen-bond donors (Lipinski definition) is 2. The minimum atomic E-state index is -0.164. The number of amides is 1. The highest BCUT2D eigenvalue weighted by molar-refractivity contribution is 5.75. The zero-order valence-corrected chi connectivity index (χ0v) is 12.0. The Bertz CT molecular complexity index is 624. The van der Waals surface area contributed by atoms with Gasteiger partial charge >= 0.3 is 0 Å². The fraction of sp³-hybridized carbons (Fsp3) is 0.286. The number of nitrogens with one attached hydrogen (secondary N) is 1. The first-order chi connectivity index (χ1) is 10.1. The van der Waals surface area contributed by atoms with E-state index >= 15 is 0 Å². The molecule has 0 radical (unpaired) electrons. The predicted molar refractivity (Wildman–Crippen MR) is 78.0 cm³/mol. The number of carbonyl (C=O) groups is 1. The molecule has 3 N–H and O–H groups in total. The third kappa shape index (κ3) is 3.88. The molecule has 7 heteroatoms. The zero-order valence-electron chi connectivity index (χ0n) is 12.0. The van der Waals surface area contributed by atoms with Gasteiger partial charge in [-0.2, -0.15) is 5.10 Å². The van der Waals surface area contributed by atoms with Gasteiger partial charge in [0.05, 0.1) is 14.2 Å². The monoisotopic (exact) mass is 290 g/mol. The number of rotatable bonds is 6. The smallest absolute Gasteiger partial charge is 0.242 e. The number of carbonyl (C=O) groups excluding carboxylic acids is 1. The summed E-state index contributed by atoms with van der Waals surface area (Å²) in [5.41, 5.74) is 6.33. The van der Waals surface area contributed by atoms with Crippen molar-refractivity contribution in [2.75, 3.05) is 20.0 Å². The predicted octanol–water partition coefficient (Wildman–Crippen LogP) is 0.799. The maximum atomic E-state index is 11.9. The number of aromatic nitrogens is 2. The highest BCUT2D eigenvalue weighted by Crippen LogP contribution is 2.23. The molecule has 2 aromatic rings. The molecular weight excluding hydrogens is 272 g/mol. The molecule has 0 fully saturated rings. The molecule has 112 valence electrons. The van der Waals surface area contributed by atoms with Gasteiger partial charge < -0.3 is 20.5 Å². The summed E-state index contributed by atoms with van der Waals surface area (Å²) in [4.78, 5) is 11.9. The summed E-state index contributed by atoms with van der Waals surface area (Å²) in [7, 11) is 3.17. The molecule has 0 aliphatic rings. The Morgan fingerprint density at radius 1 is 1.33 bits per heavy atom. The van der Waals surface area contributed by atoms with Crippen LogP contribution < -0.4 is 20.5 Å². The van der Waals surface area contributed by atoms with Crippen molar-refractivity contribution in [2.45, 2.75) is 13.1 Å². The van der Waals surface area contributed by atoms with E-state index in [2.05, 4.69) is 10.4 Å². The van der Waals surface area contributed by atoms with Gasteiger partial charge in [0.25, 0.3) is 0 Å². The van der Waals surface area contributed by atoms with Crippen LogP contribution in [0.3, 0.4) is 0 Å². The van der Waals surface area contributed by atoms with Crippen LogP contribution in [0.1, 0.15) is 5.56 Å². The minimum absolute atomic E-state index is 0.115. The lowest BCUT2D eigenvalue weighted by Gasteiger charge is -2.11. The van der Waals surface area contributed by atoms with Gasteiger partial charge in [0.1, 0.15) is 23.9 Å². The maximum Gasteiger partial charge on any atom is 0.242 e.